The number of amides is 1. The first-order valence-corrected chi connectivity index (χ1v) is 8.41. The summed E-state index contributed by atoms with van der Waals surface area (Å²) < 4.78 is 15.1. The third-order valence-electron chi connectivity index (χ3n) is 2.96. The number of ether oxygens (including phenoxy) is 1. The van der Waals surface area contributed by atoms with Crippen molar-refractivity contribution in [2.75, 3.05) is 0 Å². The van der Waals surface area contributed by atoms with Crippen LogP contribution < -0.4 is 11.1 Å². The lowest BCUT2D eigenvalue weighted by Gasteiger charge is -2.20. The number of aromatic nitrogens is 2. The van der Waals surface area contributed by atoms with Crippen molar-refractivity contribution in [3.05, 3.63) is 35.7 Å². The minimum atomic E-state index is -0.545. The maximum absolute atomic E-state index is 11.5. The molecule has 0 spiro atoms. The second kappa shape index (κ2) is 10.0. The molecule has 152 valence electrons. The summed E-state index contributed by atoms with van der Waals surface area (Å²) in [7, 11) is 0. The van der Waals surface area contributed by atoms with Gasteiger partial charge in [-0.15, -0.1) is 0 Å². The van der Waals surface area contributed by atoms with Crippen LogP contribution in [0.1, 0.15) is 69.9 Å². The van der Waals surface area contributed by atoms with Crippen molar-refractivity contribution in [3.63, 3.8) is 0 Å². The average molecular weight is 384 g/mol. The number of aliphatic hydroxyl groups excluding tert-OH is 2. The summed E-state index contributed by atoms with van der Waals surface area (Å²) in [5.74, 6) is 0.795. The van der Waals surface area contributed by atoms with E-state index in [4.69, 9.17) is 29.5 Å². The Hall–Kier alpha value is -2.43. The predicted octanol–water partition coefficient (Wildman–Crippen LogP) is 1.94. The number of alkyl carbamates (subject to hydrolysis) is 1. The van der Waals surface area contributed by atoms with Gasteiger partial charge >= 0.3 is 6.09 Å². The van der Waals surface area contributed by atoms with Crippen molar-refractivity contribution in [2.24, 2.45) is 5.73 Å². The second-order valence-electron chi connectivity index (χ2n) is 6.83. The van der Waals surface area contributed by atoms with E-state index in [-0.39, 0.29) is 19.3 Å². The molecule has 0 fully saturated rings. The Morgan fingerprint density at radius 2 is 1.63 bits per heavy atom. The van der Waals surface area contributed by atoms with Gasteiger partial charge in [-0.1, -0.05) is 0 Å². The number of nitrogens with zero attached hydrogens (tertiary/aromatic N) is 2. The van der Waals surface area contributed by atoms with Gasteiger partial charge in [-0.2, -0.15) is 0 Å². The van der Waals surface area contributed by atoms with Gasteiger partial charge in [-0.25, -0.2) is 14.8 Å². The highest BCUT2D eigenvalue weighted by Crippen LogP contribution is 2.14. The molecule has 0 aliphatic heterocycles. The fourth-order valence-electron chi connectivity index (χ4n) is 1.74. The van der Waals surface area contributed by atoms with Gasteiger partial charge in [0.2, 0.25) is 11.8 Å². The topological polar surface area (TPSA) is 157 Å². The Balaban J connectivity index is 0.000000309. The Morgan fingerprint density at radius 1 is 1.15 bits per heavy atom. The second-order valence-corrected chi connectivity index (χ2v) is 6.83. The fourth-order valence-corrected chi connectivity index (χ4v) is 1.74. The molecule has 10 nitrogen and oxygen atoms in total. The highest BCUT2D eigenvalue weighted by molar-refractivity contribution is 5.68. The Morgan fingerprint density at radius 3 is 2.00 bits per heavy atom. The maximum atomic E-state index is 11.5. The van der Waals surface area contributed by atoms with Gasteiger partial charge in [0, 0.05) is 0 Å². The van der Waals surface area contributed by atoms with Gasteiger partial charge in [0.05, 0.1) is 19.3 Å². The van der Waals surface area contributed by atoms with E-state index < -0.39 is 17.7 Å². The highest BCUT2D eigenvalue weighted by atomic mass is 16.6. The summed E-state index contributed by atoms with van der Waals surface area (Å²) in [4.78, 5) is 19.3. The molecule has 0 aromatic carbocycles. The number of carbonyl (C=O) groups excluding carboxylic acids is 1. The first-order valence-electron chi connectivity index (χ1n) is 8.41. The van der Waals surface area contributed by atoms with Crippen LogP contribution in [0.25, 0.3) is 0 Å². The molecule has 27 heavy (non-hydrogen) atoms. The zero-order valence-corrected chi connectivity index (χ0v) is 16.2. The quantitative estimate of drug-likeness (QED) is 0.604. The summed E-state index contributed by atoms with van der Waals surface area (Å²) in [6.45, 7) is 8.55. The number of rotatable bonds is 5. The molecule has 0 bridgehead atoms. The number of hydrogen-bond acceptors (Lipinski definition) is 9. The molecule has 1 amide bonds. The van der Waals surface area contributed by atoms with Crippen LogP contribution >= 0.6 is 0 Å². The van der Waals surface area contributed by atoms with E-state index >= 15 is 0 Å². The van der Waals surface area contributed by atoms with E-state index in [2.05, 4.69) is 15.3 Å². The van der Waals surface area contributed by atoms with Crippen molar-refractivity contribution in [2.45, 2.75) is 65.5 Å². The first-order chi connectivity index (χ1) is 12.6. The lowest BCUT2D eigenvalue weighted by atomic mass is 10.2. The molecule has 0 aliphatic rings. The number of nitrogens with one attached hydrogen (secondary N) is 1. The van der Waals surface area contributed by atoms with Crippen LogP contribution in [0.2, 0.25) is 0 Å². The molecule has 2 aromatic rings. The van der Waals surface area contributed by atoms with Gasteiger partial charge in [-0.3, -0.25) is 0 Å². The fraction of sp³-hybridized carbons (Fsp3) is 0.588. The van der Waals surface area contributed by atoms with Gasteiger partial charge in [0.1, 0.15) is 35.6 Å². The monoisotopic (exact) mass is 384 g/mol. The molecule has 10 heteroatoms. The van der Waals surface area contributed by atoms with Crippen LogP contribution in [0.5, 0.6) is 0 Å². The van der Waals surface area contributed by atoms with Gasteiger partial charge in [-0.05, 0) is 34.6 Å². The van der Waals surface area contributed by atoms with Crippen LogP contribution in [-0.4, -0.2) is 31.9 Å². The molecule has 0 saturated heterocycles. The van der Waals surface area contributed by atoms with Crippen LogP contribution in [-0.2, 0) is 18.0 Å². The molecule has 2 heterocycles. The Labute approximate surface area is 157 Å². The molecule has 2 atom stereocenters. The van der Waals surface area contributed by atoms with E-state index in [0.29, 0.717) is 23.2 Å². The molecule has 2 rings (SSSR count). The maximum Gasteiger partial charge on any atom is 0.408 e. The predicted molar refractivity (Wildman–Crippen MR) is 95.2 cm³/mol. The highest BCUT2D eigenvalue weighted by Gasteiger charge is 2.20. The van der Waals surface area contributed by atoms with Gasteiger partial charge in [0.25, 0.3) is 0 Å². The van der Waals surface area contributed by atoms with E-state index in [1.54, 1.807) is 34.6 Å². The largest absolute Gasteiger partial charge is 0.447 e. The SMILES string of the molecule is C[C@@H](N)c1nc(CO)co1.C[C@@H](NC(=O)OC(C)(C)C)c1nc(CO)co1. The van der Waals surface area contributed by atoms with E-state index in [1.165, 1.54) is 12.5 Å². The molecular weight excluding hydrogens is 356 g/mol. The number of aliphatic hydroxyl groups is 2. The number of nitrogens with two attached hydrogens (primary N) is 1. The average Bonchev–Trinajstić information content (AvgIpc) is 3.22. The summed E-state index contributed by atoms with van der Waals surface area (Å²) in [6, 6.07) is -0.620. The van der Waals surface area contributed by atoms with Crippen molar-refractivity contribution < 1.29 is 28.6 Å². The minimum Gasteiger partial charge on any atom is -0.447 e. The van der Waals surface area contributed by atoms with E-state index in [9.17, 15) is 4.79 Å². The number of hydrogen-bond donors (Lipinski definition) is 4. The molecule has 5 N–H and O–H groups in total. The molecule has 0 saturated carbocycles. The zero-order valence-electron chi connectivity index (χ0n) is 16.2. The summed E-state index contributed by atoms with van der Waals surface area (Å²) in [5, 5.41) is 20.0. The third kappa shape index (κ3) is 8.20. The summed E-state index contributed by atoms with van der Waals surface area (Å²) >= 11 is 0. The smallest absolute Gasteiger partial charge is 0.408 e. The van der Waals surface area contributed by atoms with Gasteiger partial charge < -0.3 is 34.8 Å². The third-order valence-corrected chi connectivity index (χ3v) is 2.96. The molecule has 0 unspecified atom stereocenters. The lowest BCUT2D eigenvalue weighted by Crippen LogP contribution is -2.34. The van der Waals surface area contributed by atoms with Gasteiger partial charge in [0.15, 0.2) is 0 Å². The van der Waals surface area contributed by atoms with Crippen molar-refractivity contribution in [3.8, 4) is 0 Å². The lowest BCUT2D eigenvalue weighted by molar-refractivity contribution is 0.0501. The first kappa shape index (κ1) is 22.6. The number of oxazole rings is 2. The Bertz CT molecular complexity index is 704. The molecule has 0 aliphatic carbocycles. The number of carbonyl (C=O) groups is 1. The normalized spacial score (nSPS) is 13.3. The molecular formula is C17H28N4O6. The summed E-state index contributed by atoms with van der Waals surface area (Å²) in [6.07, 6.45) is 2.22. The van der Waals surface area contributed by atoms with Crippen LogP contribution in [0.4, 0.5) is 4.79 Å². The standard InChI is InChI=1S/C11H18N2O4.C6H10N2O2/c1-7(9-13-8(5-14)6-16-9)12-10(15)17-11(2,3)4;1-4(7)6-8-5(2-9)3-10-6/h6-7,14H,5H2,1-4H3,(H,12,15);3-4,9H,2,7H2,1H3/t7-;4-/m11/s1. The van der Waals surface area contributed by atoms with Crippen molar-refractivity contribution >= 4 is 6.09 Å². The minimum absolute atomic E-state index is 0.101. The van der Waals surface area contributed by atoms with Crippen molar-refractivity contribution in [1.29, 1.82) is 0 Å². The Kier molecular flexibility index (Phi) is 8.41. The van der Waals surface area contributed by atoms with E-state index in [0.717, 1.165) is 0 Å². The molecule has 2 aromatic heterocycles. The van der Waals surface area contributed by atoms with Crippen LogP contribution in [0, 0.1) is 0 Å². The van der Waals surface area contributed by atoms with Crippen LogP contribution in [0.3, 0.4) is 0 Å². The molecule has 0 radical (unpaired) electrons. The van der Waals surface area contributed by atoms with Crippen molar-refractivity contribution in [1.82, 2.24) is 15.3 Å². The zero-order chi connectivity index (χ0) is 20.6. The summed E-state index contributed by atoms with van der Waals surface area (Å²) in [5.41, 5.74) is 5.85. The van der Waals surface area contributed by atoms with Crippen LogP contribution in [0.15, 0.2) is 21.4 Å². The van der Waals surface area contributed by atoms with E-state index in [1.807, 2.05) is 0 Å².